The van der Waals surface area contributed by atoms with Crippen molar-refractivity contribution in [3.05, 3.63) is 68.4 Å². The average molecular weight is 769 g/mol. The van der Waals surface area contributed by atoms with Crippen LogP contribution in [0.25, 0.3) is 0 Å². The van der Waals surface area contributed by atoms with Crippen LogP contribution in [-0.2, 0) is 24.9 Å². The molecule has 21 heteroatoms. The van der Waals surface area contributed by atoms with Gasteiger partial charge in [0, 0.05) is 63.5 Å². The van der Waals surface area contributed by atoms with E-state index in [9.17, 15) is 29.2 Å². The standard InChI is InChI=1S/C17H20N4O4S3.C6H11N3O.C5H4N2O2S.CH5N/c1-17(20-25)15(24)21-13(14(22)23)12(9-27-16(17)21)28-11-3-4-19-7-10(11)8-26-6-5-18-2;1-5(9-4-7)2-6(8)3-10;8-1-4(7-9)5-2-10-3-6-5;1-2/h3-4,7,16,18H,5-6,8-9H2,1-2H3,(H,22,23);3-4,6H,1-2,8H2,(H2,7,9);1-3,9H;2H2,1H3/b;;7-4+;/t16-,17?;6-;;/m10../s1. The maximum absolute atomic E-state index is 12.4. The number of nitrogens with zero attached hydrogens (tertiary/aromatic N) is 6. The first-order valence-electron chi connectivity index (χ1n) is 14.4. The van der Waals surface area contributed by atoms with Crippen molar-refractivity contribution in [3.63, 3.8) is 0 Å². The summed E-state index contributed by atoms with van der Waals surface area (Å²) in [6.45, 7) is 5.87. The molecule has 0 bridgehead atoms. The highest BCUT2D eigenvalue weighted by Crippen LogP contribution is 2.50. The van der Waals surface area contributed by atoms with E-state index < -0.39 is 28.8 Å². The number of rotatable bonds is 15. The molecule has 0 spiro atoms. The van der Waals surface area contributed by atoms with Gasteiger partial charge in [-0.3, -0.25) is 19.5 Å². The molecule has 1 fully saturated rings. The molecule has 9 N–H and O–H groups in total. The van der Waals surface area contributed by atoms with Gasteiger partial charge >= 0.3 is 5.97 Å². The minimum Gasteiger partial charge on any atom is -0.477 e. The number of carbonyl (C=O) groups is 4. The monoisotopic (exact) mass is 768 g/mol. The first-order chi connectivity index (χ1) is 24.0. The molecule has 2 aliphatic rings. The Morgan fingerprint density at radius 3 is 2.62 bits per heavy atom. The first-order valence-corrected chi connectivity index (χ1v) is 18.3. The Hall–Kier alpha value is -3.99. The van der Waals surface area contributed by atoms with Gasteiger partial charge in [0.05, 0.1) is 17.9 Å². The number of fused-ring (bicyclic) bond motifs is 1. The third-order valence-corrected chi connectivity index (χ3v) is 10.7. The van der Waals surface area contributed by atoms with Crippen LogP contribution in [0.3, 0.4) is 0 Å². The number of aldehydes is 2. The summed E-state index contributed by atoms with van der Waals surface area (Å²) in [6.07, 6.45) is 6.05. The zero-order chi connectivity index (χ0) is 37.7. The van der Waals surface area contributed by atoms with Gasteiger partial charge in [0.25, 0.3) is 5.91 Å². The van der Waals surface area contributed by atoms with E-state index >= 15 is 0 Å². The number of amides is 1. The van der Waals surface area contributed by atoms with Crippen LogP contribution in [0.5, 0.6) is 0 Å². The molecular weight excluding hydrogens is 729 g/mol. The summed E-state index contributed by atoms with van der Waals surface area (Å²) in [5.74, 6) is 0.385. The number of nitroso groups, excluding NO2 is 1. The molecule has 0 aromatic carbocycles. The molecule has 272 valence electrons. The summed E-state index contributed by atoms with van der Waals surface area (Å²) in [6, 6.07) is 1.34. The van der Waals surface area contributed by atoms with Crippen LogP contribution in [0, 0.1) is 4.91 Å². The van der Waals surface area contributed by atoms with Crippen LogP contribution in [-0.4, -0.2) is 111 Å². The minimum atomic E-state index is -1.40. The van der Waals surface area contributed by atoms with Gasteiger partial charge in [-0.25, -0.2) is 14.8 Å². The summed E-state index contributed by atoms with van der Waals surface area (Å²) < 4.78 is 0. The fourth-order valence-corrected chi connectivity index (χ4v) is 8.12. The summed E-state index contributed by atoms with van der Waals surface area (Å²) in [7, 11) is 3.40. The molecule has 0 radical (unpaired) electrons. The van der Waals surface area contributed by atoms with E-state index in [0.29, 0.717) is 41.0 Å². The van der Waals surface area contributed by atoms with E-state index in [2.05, 4.69) is 42.9 Å². The smallest absolute Gasteiger partial charge is 0.353 e. The van der Waals surface area contributed by atoms with Crippen LogP contribution in [0.15, 0.2) is 72.4 Å². The van der Waals surface area contributed by atoms with Gasteiger partial charge in [-0.1, -0.05) is 28.7 Å². The maximum atomic E-state index is 12.4. The molecule has 4 rings (SSSR count). The SMILES string of the molecule is C=C(C[C@H](N)C=O)N=CN.CN.CNCCSCc1cnccc1SC1=C(C(=O)O)N2C(=O)C(C)(N=O)[C@H]2SC1.O=C/C(=N\O)c1cscn1. The van der Waals surface area contributed by atoms with Crippen molar-refractivity contribution in [1.29, 1.82) is 0 Å². The molecular formula is C29H40N10O7S4. The first kappa shape index (κ1) is 44.0. The zero-order valence-electron chi connectivity index (χ0n) is 27.5. The zero-order valence-corrected chi connectivity index (χ0v) is 30.8. The number of carboxylic acids is 1. The van der Waals surface area contributed by atoms with Crippen LogP contribution >= 0.6 is 46.6 Å². The van der Waals surface area contributed by atoms with E-state index in [-0.39, 0.29) is 11.4 Å². The number of aliphatic imine (C=N–C) groups is 1. The van der Waals surface area contributed by atoms with Gasteiger partial charge in [0.2, 0.25) is 5.54 Å². The highest BCUT2D eigenvalue weighted by Gasteiger charge is 2.63. The van der Waals surface area contributed by atoms with E-state index in [1.165, 1.54) is 53.7 Å². The number of oxime groups is 1. The van der Waals surface area contributed by atoms with Crippen LogP contribution in [0.4, 0.5) is 0 Å². The van der Waals surface area contributed by atoms with Crippen molar-refractivity contribution < 1.29 is 29.5 Å². The lowest BCUT2D eigenvalue weighted by Gasteiger charge is -2.51. The Morgan fingerprint density at radius 2 is 2.08 bits per heavy atom. The molecule has 1 saturated heterocycles. The summed E-state index contributed by atoms with van der Waals surface area (Å²) >= 11 is 5.82. The topological polar surface area (TPSA) is 282 Å². The average Bonchev–Trinajstić information content (AvgIpc) is 3.67. The fraction of sp³-hybridized carbons (Fsp3) is 0.379. The molecule has 17 nitrogen and oxygen atoms in total. The van der Waals surface area contributed by atoms with Crippen LogP contribution < -0.4 is 22.5 Å². The predicted molar refractivity (Wildman–Crippen MR) is 199 cm³/mol. The van der Waals surface area contributed by atoms with E-state index in [1.807, 2.05) is 13.1 Å². The number of aliphatic carboxylic acids is 1. The van der Waals surface area contributed by atoms with Crippen molar-refractivity contribution in [3.8, 4) is 0 Å². The number of carbonyl (C=O) groups excluding carboxylic acids is 3. The summed E-state index contributed by atoms with van der Waals surface area (Å²) in [5.41, 5.74) is 16.7. The number of carboxylic acid groups (broad SMARTS) is 1. The second-order valence-corrected chi connectivity index (χ2v) is 13.8. The molecule has 1 unspecified atom stereocenters. The highest BCUT2D eigenvalue weighted by molar-refractivity contribution is 8.06. The van der Waals surface area contributed by atoms with E-state index in [0.717, 1.165) is 34.8 Å². The van der Waals surface area contributed by atoms with E-state index in [4.69, 9.17) is 16.7 Å². The number of nitrogens with one attached hydrogen (secondary N) is 1. The molecule has 50 heavy (non-hydrogen) atoms. The van der Waals surface area contributed by atoms with Crippen molar-refractivity contribution in [2.45, 2.75) is 40.9 Å². The van der Waals surface area contributed by atoms with Gasteiger partial charge < -0.3 is 37.6 Å². The largest absolute Gasteiger partial charge is 0.477 e. The van der Waals surface area contributed by atoms with Gasteiger partial charge in [-0.15, -0.1) is 28.0 Å². The normalized spacial score (nSPS) is 18.5. The molecule has 3 atom stereocenters. The van der Waals surface area contributed by atoms with E-state index in [1.54, 1.807) is 35.0 Å². The lowest BCUT2D eigenvalue weighted by Crippen LogP contribution is -2.71. The third kappa shape index (κ3) is 12.4. The Morgan fingerprint density at radius 1 is 1.36 bits per heavy atom. The van der Waals surface area contributed by atoms with Crippen molar-refractivity contribution in [1.82, 2.24) is 20.2 Å². The van der Waals surface area contributed by atoms with Crippen LogP contribution in [0.1, 0.15) is 24.6 Å². The maximum Gasteiger partial charge on any atom is 0.353 e. The fourth-order valence-electron chi connectivity index (χ4n) is 3.90. The Kier molecular flexibility index (Phi) is 20.6. The number of nitrogens with two attached hydrogens (primary N) is 3. The number of thiazole rings is 1. The van der Waals surface area contributed by atoms with Crippen molar-refractivity contribution in [2.75, 3.05) is 32.1 Å². The second kappa shape index (κ2) is 23.4. The Labute approximate surface area is 305 Å². The lowest BCUT2D eigenvalue weighted by atomic mass is 9.90. The highest BCUT2D eigenvalue weighted by atomic mass is 32.2. The summed E-state index contributed by atoms with van der Waals surface area (Å²) in [4.78, 5) is 69.8. The molecule has 0 saturated carbocycles. The number of pyridine rings is 1. The molecule has 0 aliphatic carbocycles. The molecule has 2 aromatic heterocycles. The van der Waals surface area contributed by atoms with Crippen molar-refractivity contribution in [2.24, 2.45) is 32.5 Å². The Balaban J connectivity index is 0.000000465. The molecule has 1 amide bonds. The third-order valence-electron chi connectivity index (χ3n) is 6.30. The Bertz CT molecular complexity index is 1540. The molecule has 2 aliphatic heterocycles. The van der Waals surface area contributed by atoms with Gasteiger partial charge in [0.1, 0.15) is 23.1 Å². The number of thioether (sulfide) groups is 3. The predicted octanol–water partition coefficient (Wildman–Crippen LogP) is 1.86. The molecule has 4 heterocycles. The molecule has 2 aromatic rings. The lowest BCUT2D eigenvalue weighted by molar-refractivity contribution is -0.153. The number of hydrogen-bond acceptors (Lipinski definition) is 18. The van der Waals surface area contributed by atoms with Crippen molar-refractivity contribution >= 4 is 83.1 Å². The number of aromatic nitrogens is 2. The minimum absolute atomic E-state index is 0.0405. The number of hydrogen-bond donors (Lipinski definition) is 6. The van der Waals surface area contributed by atoms with Crippen LogP contribution in [0.2, 0.25) is 0 Å². The quantitative estimate of drug-likeness (QED) is 0.0220. The second-order valence-electron chi connectivity index (χ2n) is 9.72. The van der Waals surface area contributed by atoms with Gasteiger partial charge in [-0.05, 0) is 32.6 Å². The number of β-lactam (4-membered cyclic amide) rings is 1. The summed E-state index contributed by atoms with van der Waals surface area (Å²) in [5, 5.41) is 27.8. The van der Waals surface area contributed by atoms with Gasteiger partial charge in [-0.2, -0.15) is 11.8 Å². The van der Waals surface area contributed by atoms with Gasteiger partial charge in [0.15, 0.2) is 12.0 Å².